The largest absolute Gasteiger partial charge is 0.496 e. The minimum absolute atomic E-state index is 0.116. The Morgan fingerprint density at radius 1 is 0.865 bits per heavy atom. The van der Waals surface area contributed by atoms with Gasteiger partial charge < -0.3 is 24.8 Å². The summed E-state index contributed by atoms with van der Waals surface area (Å²) < 4.78 is 17.4. The van der Waals surface area contributed by atoms with Crippen LogP contribution in [0, 0.1) is 0 Å². The van der Waals surface area contributed by atoms with Crippen LogP contribution in [0.3, 0.4) is 0 Å². The summed E-state index contributed by atoms with van der Waals surface area (Å²) in [6, 6.07) is 25.7. The molecule has 3 aromatic carbocycles. The van der Waals surface area contributed by atoms with Gasteiger partial charge in [0, 0.05) is 29.1 Å². The molecule has 0 radical (unpaired) electrons. The van der Waals surface area contributed by atoms with E-state index in [1.807, 2.05) is 60.7 Å². The molecule has 2 N–H and O–H groups in total. The van der Waals surface area contributed by atoms with Gasteiger partial charge in [-0.25, -0.2) is 9.78 Å². The monoisotopic (exact) mass is 497 g/mol. The van der Waals surface area contributed by atoms with Crippen LogP contribution in [0.4, 0.5) is 16.2 Å². The van der Waals surface area contributed by atoms with Gasteiger partial charge >= 0.3 is 6.03 Å². The smallest absolute Gasteiger partial charge is 0.323 e. The molecule has 1 aromatic heterocycles. The van der Waals surface area contributed by atoms with E-state index in [0.29, 0.717) is 35.4 Å². The highest BCUT2D eigenvalue weighted by atomic mass is 16.5. The number of anilines is 2. The zero-order valence-corrected chi connectivity index (χ0v) is 21.4. The molecule has 4 aromatic rings. The molecule has 0 spiro atoms. The van der Waals surface area contributed by atoms with Gasteiger partial charge in [-0.15, -0.1) is 0 Å². The molecule has 0 fully saturated rings. The Bertz CT molecular complexity index is 1360. The standard InChI is InChI=1S/C30H31N3O4/c1-30(2,3)24-14-6-8-17-27(24)37-28-25(15-10-18-31-28)33-29(34)32-22-12-9-13-23(19-22)36-20-21-11-5-7-16-26(21)35-4/h5-19H,20H2,1-4H3,(H2,32,33,34). The molecule has 7 heteroatoms. The highest BCUT2D eigenvalue weighted by molar-refractivity contribution is 6.00. The third kappa shape index (κ3) is 6.79. The quantitative estimate of drug-likeness (QED) is 0.265. The fourth-order valence-electron chi connectivity index (χ4n) is 3.78. The second-order valence-corrected chi connectivity index (χ2v) is 9.41. The number of benzene rings is 3. The molecule has 190 valence electrons. The Morgan fingerprint density at radius 3 is 2.41 bits per heavy atom. The van der Waals surface area contributed by atoms with E-state index < -0.39 is 6.03 Å². The maximum Gasteiger partial charge on any atom is 0.323 e. The number of pyridine rings is 1. The molecule has 37 heavy (non-hydrogen) atoms. The molecule has 0 atom stereocenters. The minimum atomic E-state index is -0.427. The molecular formula is C30H31N3O4. The lowest BCUT2D eigenvalue weighted by molar-refractivity contribution is 0.262. The predicted molar refractivity (Wildman–Crippen MR) is 146 cm³/mol. The lowest BCUT2D eigenvalue weighted by Crippen LogP contribution is -2.20. The Balaban J connectivity index is 1.43. The number of aromatic nitrogens is 1. The second kappa shape index (κ2) is 11.5. The lowest BCUT2D eigenvalue weighted by atomic mass is 9.86. The zero-order chi connectivity index (χ0) is 26.3. The van der Waals surface area contributed by atoms with Crippen LogP contribution in [0.15, 0.2) is 91.1 Å². The van der Waals surface area contributed by atoms with Gasteiger partial charge in [0.2, 0.25) is 5.88 Å². The number of nitrogens with one attached hydrogen (secondary N) is 2. The molecular weight excluding hydrogens is 466 g/mol. The van der Waals surface area contributed by atoms with E-state index in [-0.39, 0.29) is 5.41 Å². The van der Waals surface area contributed by atoms with Gasteiger partial charge in [0.25, 0.3) is 0 Å². The number of methoxy groups -OCH3 is 1. The van der Waals surface area contributed by atoms with Crippen molar-refractivity contribution >= 4 is 17.4 Å². The molecule has 0 saturated carbocycles. The van der Waals surface area contributed by atoms with Crippen molar-refractivity contribution in [3.63, 3.8) is 0 Å². The van der Waals surface area contributed by atoms with Crippen molar-refractivity contribution in [2.75, 3.05) is 17.7 Å². The third-order valence-corrected chi connectivity index (χ3v) is 5.60. The lowest BCUT2D eigenvalue weighted by Gasteiger charge is -2.22. The number of hydrogen-bond donors (Lipinski definition) is 2. The molecule has 7 nitrogen and oxygen atoms in total. The summed E-state index contributed by atoms with van der Waals surface area (Å²) in [5.41, 5.74) is 2.89. The van der Waals surface area contributed by atoms with E-state index in [4.69, 9.17) is 14.2 Å². The van der Waals surface area contributed by atoms with Crippen LogP contribution < -0.4 is 24.8 Å². The summed E-state index contributed by atoms with van der Waals surface area (Å²) in [4.78, 5) is 17.2. The second-order valence-electron chi connectivity index (χ2n) is 9.41. The number of para-hydroxylation sites is 2. The molecule has 4 rings (SSSR count). The zero-order valence-electron chi connectivity index (χ0n) is 21.4. The van der Waals surface area contributed by atoms with Gasteiger partial charge in [0.05, 0.1) is 7.11 Å². The van der Waals surface area contributed by atoms with E-state index in [2.05, 4.69) is 36.4 Å². The van der Waals surface area contributed by atoms with Gasteiger partial charge in [-0.05, 0) is 41.8 Å². The van der Waals surface area contributed by atoms with Crippen molar-refractivity contribution in [2.24, 2.45) is 0 Å². The van der Waals surface area contributed by atoms with E-state index in [0.717, 1.165) is 16.9 Å². The maximum absolute atomic E-state index is 12.8. The predicted octanol–water partition coefficient (Wildman–Crippen LogP) is 7.40. The summed E-state index contributed by atoms with van der Waals surface area (Å²) >= 11 is 0. The topological polar surface area (TPSA) is 81.7 Å². The van der Waals surface area contributed by atoms with Gasteiger partial charge in [-0.1, -0.05) is 63.2 Å². The number of ether oxygens (including phenoxy) is 3. The first-order chi connectivity index (χ1) is 17.8. The Kier molecular flexibility index (Phi) is 7.93. The summed E-state index contributed by atoms with van der Waals surface area (Å²) in [6.07, 6.45) is 1.63. The fraction of sp³-hybridized carbons (Fsp3) is 0.200. The summed E-state index contributed by atoms with van der Waals surface area (Å²) in [5.74, 6) is 2.38. The molecule has 2 amide bonds. The van der Waals surface area contributed by atoms with Crippen LogP contribution in [0.1, 0.15) is 31.9 Å². The highest BCUT2D eigenvalue weighted by Gasteiger charge is 2.20. The van der Waals surface area contributed by atoms with Crippen molar-refractivity contribution < 1.29 is 19.0 Å². The van der Waals surface area contributed by atoms with E-state index >= 15 is 0 Å². The summed E-state index contributed by atoms with van der Waals surface area (Å²) in [5, 5.41) is 5.68. The highest BCUT2D eigenvalue weighted by Crippen LogP contribution is 2.35. The molecule has 0 aliphatic heterocycles. The van der Waals surface area contributed by atoms with Gasteiger partial charge in [-0.3, -0.25) is 0 Å². The Morgan fingerprint density at radius 2 is 1.62 bits per heavy atom. The molecule has 0 bridgehead atoms. The molecule has 0 unspecified atom stereocenters. The van der Waals surface area contributed by atoms with Crippen LogP contribution in [0.5, 0.6) is 23.1 Å². The van der Waals surface area contributed by atoms with Crippen molar-refractivity contribution in [3.8, 4) is 23.1 Å². The average molecular weight is 498 g/mol. The van der Waals surface area contributed by atoms with Crippen molar-refractivity contribution in [1.82, 2.24) is 4.98 Å². The number of amides is 2. The number of urea groups is 1. The van der Waals surface area contributed by atoms with Crippen LogP contribution in [-0.4, -0.2) is 18.1 Å². The third-order valence-electron chi connectivity index (χ3n) is 5.60. The van der Waals surface area contributed by atoms with Crippen LogP contribution in [-0.2, 0) is 12.0 Å². The van der Waals surface area contributed by atoms with E-state index in [1.54, 1.807) is 37.6 Å². The minimum Gasteiger partial charge on any atom is -0.496 e. The Labute approximate surface area is 217 Å². The molecule has 0 aliphatic rings. The number of carbonyl (C=O) groups is 1. The summed E-state index contributed by atoms with van der Waals surface area (Å²) in [7, 11) is 1.63. The van der Waals surface area contributed by atoms with Crippen LogP contribution in [0.2, 0.25) is 0 Å². The Hall–Kier alpha value is -4.52. The first-order valence-electron chi connectivity index (χ1n) is 12.0. The number of hydrogen-bond acceptors (Lipinski definition) is 5. The SMILES string of the molecule is COc1ccccc1COc1cccc(NC(=O)Nc2cccnc2Oc2ccccc2C(C)(C)C)c1. The maximum atomic E-state index is 12.8. The van der Waals surface area contributed by atoms with Crippen molar-refractivity contribution in [1.29, 1.82) is 0 Å². The van der Waals surface area contributed by atoms with Crippen molar-refractivity contribution in [3.05, 3.63) is 102 Å². The van der Waals surface area contributed by atoms with Gasteiger partial charge in [0.1, 0.15) is 29.5 Å². The van der Waals surface area contributed by atoms with Gasteiger partial charge in [-0.2, -0.15) is 0 Å². The first kappa shape index (κ1) is 25.6. The van der Waals surface area contributed by atoms with E-state index in [1.165, 1.54) is 0 Å². The normalized spacial score (nSPS) is 10.9. The van der Waals surface area contributed by atoms with Gasteiger partial charge in [0.15, 0.2) is 0 Å². The molecule has 0 saturated heterocycles. The van der Waals surface area contributed by atoms with E-state index in [9.17, 15) is 4.79 Å². The molecule has 0 aliphatic carbocycles. The van der Waals surface area contributed by atoms with Crippen molar-refractivity contribution in [2.45, 2.75) is 32.8 Å². The first-order valence-corrected chi connectivity index (χ1v) is 12.0. The average Bonchev–Trinajstić information content (AvgIpc) is 2.88. The van der Waals surface area contributed by atoms with Crippen LogP contribution in [0.25, 0.3) is 0 Å². The van der Waals surface area contributed by atoms with Crippen LogP contribution >= 0.6 is 0 Å². The molecule has 1 heterocycles. The fourth-order valence-corrected chi connectivity index (χ4v) is 3.78. The number of nitrogens with zero attached hydrogens (tertiary/aromatic N) is 1. The number of carbonyl (C=O) groups excluding carboxylic acids is 1. The summed E-state index contributed by atoms with van der Waals surface area (Å²) in [6.45, 7) is 6.70. The number of rotatable bonds is 8.